The molecule has 0 unspecified atom stereocenters. The molecular weight excluding hydrogens is 372 g/mol. The summed E-state index contributed by atoms with van der Waals surface area (Å²) in [5.74, 6) is 0.133. The van der Waals surface area contributed by atoms with Crippen molar-refractivity contribution < 1.29 is 24.2 Å². The molecule has 2 amide bonds. The fraction of sp³-hybridized carbons (Fsp3) is 0.364. The van der Waals surface area contributed by atoms with Crippen LogP contribution in [-0.2, 0) is 11.2 Å². The second-order valence-corrected chi connectivity index (χ2v) is 7.27. The van der Waals surface area contributed by atoms with Gasteiger partial charge in [-0.15, -0.1) is 0 Å². The van der Waals surface area contributed by atoms with E-state index in [0.717, 1.165) is 22.3 Å². The molecule has 1 aliphatic heterocycles. The van der Waals surface area contributed by atoms with E-state index in [1.165, 1.54) is 7.11 Å². The molecule has 3 rings (SSSR count). The Morgan fingerprint density at radius 1 is 1.07 bits per heavy atom. The highest BCUT2D eigenvalue weighted by atomic mass is 16.5. The van der Waals surface area contributed by atoms with Crippen LogP contribution in [0.2, 0.25) is 0 Å². The Balaban J connectivity index is 1.94. The summed E-state index contributed by atoms with van der Waals surface area (Å²) in [7, 11) is 3.09. The molecule has 0 aliphatic carbocycles. The zero-order valence-electron chi connectivity index (χ0n) is 17.1. The lowest BCUT2D eigenvalue weighted by Crippen LogP contribution is -2.43. The third-order valence-electron chi connectivity index (χ3n) is 5.10. The molecule has 7 heteroatoms. The summed E-state index contributed by atoms with van der Waals surface area (Å²) in [6, 6.07) is 8.54. The molecule has 0 aromatic heterocycles. The summed E-state index contributed by atoms with van der Waals surface area (Å²) >= 11 is 0. The second-order valence-electron chi connectivity index (χ2n) is 7.27. The highest BCUT2D eigenvalue weighted by Gasteiger charge is 2.33. The molecule has 2 N–H and O–H groups in total. The van der Waals surface area contributed by atoms with Gasteiger partial charge < -0.3 is 24.8 Å². The standard InChI is InChI=1S/C22H26N2O5/c1-13-7-14(2)9-16(8-13)23-22(27)24-6-5-15-10-19(28-3)20(29-4)11-17(15)18(24)12-21(25)26/h7-11,18H,5-6,12H2,1-4H3,(H,23,27)(H,25,26)/t18-/m1/s1. The van der Waals surface area contributed by atoms with Crippen molar-refractivity contribution in [3.8, 4) is 11.5 Å². The maximum Gasteiger partial charge on any atom is 0.322 e. The number of nitrogens with zero attached hydrogens (tertiary/aromatic N) is 1. The lowest BCUT2D eigenvalue weighted by molar-refractivity contribution is -0.138. The van der Waals surface area contributed by atoms with E-state index < -0.39 is 12.0 Å². The number of carbonyl (C=O) groups excluding carboxylic acids is 1. The Labute approximate surface area is 170 Å². The number of anilines is 1. The van der Waals surface area contributed by atoms with Crippen molar-refractivity contribution in [3.63, 3.8) is 0 Å². The van der Waals surface area contributed by atoms with Crippen LogP contribution in [0.5, 0.6) is 11.5 Å². The molecule has 2 aromatic carbocycles. The Morgan fingerprint density at radius 2 is 1.69 bits per heavy atom. The molecule has 7 nitrogen and oxygen atoms in total. The van der Waals surface area contributed by atoms with Gasteiger partial charge in [0.15, 0.2) is 11.5 Å². The second kappa shape index (κ2) is 8.43. The van der Waals surface area contributed by atoms with Crippen LogP contribution in [-0.4, -0.2) is 42.8 Å². The SMILES string of the molecule is COc1cc2c(cc1OC)[C@@H](CC(=O)O)N(C(=O)Nc1cc(C)cc(C)c1)CC2. The zero-order chi connectivity index (χ0) is 21.1. The molecule has 0 radical (unpaired) electrons. The number of urea groups is 1. The molecule has 0 saturated carbocycles. The maximum absolute atomic E-state index is 13.0. The maximum atomic E-state index is 13.0. The van der Waals surface area contributed by atoms with E-state index in [0.29, 0.717) is 30.2 Å². The topological polar surface area (TPSA) is 88.1 Å². The first kappa shape index (κ1) is 20.5. The van der Waals surface area contributed by atoms with E-state index in [2.05, 4.69) is 5.32 Å². The van der Waals surface area contributed by atoms with E-state index >= 15 is 0 Å². The van der Waals surface area contributed by atoms with Gasteiger partial charge in [-0.3, -0.25) is 4.79 Å². The molecule has 154 valence electrons. The number of methoxy groups -OCH3 is 2. The van der Waals surface area contributed by atoms with Crippen LogP contribution >= 0.6 is 0 Å². The largest absolute Gasteiger partial charge is 0.493 e. The van der Waals surface area contributed by atoms with Gasteiger partial charge in [0.2, 0.25) is 0 Å². The van der Waals surface area contributed by atoms with Gasteiger partial charge in [0.05, 0.1) is 26.7 Å². The summed E-state index contributed by atoms with van der Waals surface area (Å²) in [5.41, 5.74) is 4.52. The summed E-state index contributed by atoms with van der Waals surface area (Å²) in [6.07, 6.45) is 0.412. The van der Waals surface area contributed by atoms with E-state index in [1.54, 1.807) is 18.1 Å². The monoisotopic (exact) mass is 398 g/mol. The quantitative estimate of drug-likeness (QED) is 0.797. The third-order valence-corrected chi connectivity index (χ3v) is 5.10. The molecule has 0 spiro atoms. The number of carboxylic acids is 1. The number of aliphatic carboxylic acids is 1. The number of carboxylic acid groups (broad SMARTS) is 1. The van der Waals surface area contributed by atoms with Crippen LogP contribution in [0.15, 0.2) is 30.3 Å². The number of benzene rings is 2. The average molecular weight is 398 g/mol. The summed E-state index contributed by atoms with van der Waals surface area (Å²) in [6.45, 7) is 4.34. The van der Waals surface area contributed by atoms with E-state index in [4.69, 9.17) is 9.47 Å². The molecular formula is C22H26N2O5. The number of nitrogens with one attached hydrogen (secondary N) is 1. The van der Waals surface area contributed by atoms with E-state index in [9.17, 15) is 14.7 Å². The number of fused-ring (bicyclic) bond motifs is 1. The predicted octanol–water partition coefficient (Wildman–Crippen LogP) is 3.93. The molecule has 0 saturated heterocycles. The number of ether oxygens (including phenoxy) is 2. The Morgan fingerprint density at radius 3 is 2.28 bits per heavy atom. The van der Waals surface area contributed by atoms with Gasteiger partial charge >= 0.3 is 12.0 Å². The Hall–Kier alpha value is -3.22. The first-order chi connectivity index (χ1) is 13.8. The third kappa shape index (κ3) is 4.45. The highest BCUT2D eigenvalue weighted by Crippen LogP contribution is 2.39. The summed E-state index contributed by atoms with van der Waals surface area (Å²) in [4.78, 5) is 26.2. The number of carbonyl (C=O) groups is 2. The summed E-state index contributed by atoms with van der Waals surface area (Å²) < 4.78 is 10.7. The summed E-state index contributed by atoms with van der Waals surface area (Å²) in [5, 5.41) is 12.4. The number of amides is 2. The lowest BCUT2D eigenvalue weighted by atomic mass is 9.90. The molecule has 2 aromatic rings. The van der Waals surface area contributed by atoms with Crippen LogP contribution in [0.25, 0.3) is 0 Å². The van der Waals surface area contributed by atoms with E-state index in [1.807, 2.05) is 38.1 Å². The van der Waals surface area contributed by atoms with Crippen molar-refractivity contribution in [3.05, 3.63) is 52.6 Å². The van der Waals surface area contributed by atoms with Crippen molar-refractivity contribution in [2.75, 3.05) is 26.1 Å². The predicted molar refractivity (Wildman–Crippen MR) is 110 cm³/mol. The zero-order valence-corrected chi connectivity index (χ0v) is 17.1. The van der Waals surface area contributed by atoms with Gasteiger partial charge in [-0.05, 0) is 66.8 Å². The molecule has 1 aliphatic rings. The van der Waals surface area contributed by atoms with Crippen LogP contribution < -0.4 is 14.8 Å². The van der Waals surface area contributed by atoms with Crippen molar-refractivity contribution >= 4 is 17.7 Å². The van der Waals surface area contributed by atoms with Crippen LogP contribution in [0.1, 0.15) is 34.7 Å². The Bertz CT molecular complexity index is 921. The van der Waals surface area contributed by atoms with Crippen LogP contribution in [0.3, 0.4) is 0 Å². The molecule has 0 bridgehead atoms. The number of rotatable bonds is 5. The fourth-order valence-electron chi connectivity index (χ4n) is 3.90. The number of hydrogen-bond donors (Lipinski definition) is 2. The molecule has 1 atom stereocenters. The van der Waals surface area contributed by atoms with Gasteiger partial charge in [-0.1, -0.05) is 6.07 Å². The van der Waals surface area contributed by atoms with Crippen molar-refractivity contribution in [2.24, 2.45) is 0 Å². The number of aryl methyl sites for hydroxylation is 2. The molecule has 1 heterocycles. The van der Waals surface area contributed by atoms with Crippen molar-refractivity contribution in [2.45, 2.75) is 32.7 Å². The molecule has 29 heavy (non-hydrogen) atoms. The van der Waals surface area contributed by atoms with Gasteiger partial charge in [0.25, 0.3) is 0 Å². The lowest BCUT2D eigenvalue weighted by Gasteiger charge is -2.37. The molecule has 0 fully saturated rings. The minimum atomic E-state index is -0.971. The van der Waals surface area contributed by atoms with Gasteiger partial charge in [0.1, 0.15) is 0 Å². The first-order valence-corrected chi connectivity index (χ1v) is 9.45. The number of hydrogen-bond acceptors (Lipinski definition) is 4. The highest BCUT2D eigenvalue weighted by molar-refractivity contribution is 5.90. The van der Waals surface area contributed by atoms with Gasteiger partial charge in [0, 0.05) is 12.2 Å². The minimum absolute atomic E-state index is 0.192. The Kier molecular flexibility index (Phi) is 5.96. The first-order valence-electron chi connectivity index (χ1n) is 9.45. The fourth-order valence-corrected chi connectivity index (χ4v) is 3.90. The van der Waals surface area contributed by atoms with Crippen LogP contribution in [0.4, 0.5) is 10.5 Å². The van der Waals surface area contributed by atoms with Gasteiger partial charge in [-0.25, -0.2) is 4.79 Å². The minimum Gasteiger partial charge on any atom is -0.493 e. The van der Waals surface area contributed by atoms with Crippen molar-refractivity contribution in [1.29, 1.82) is 0 Å². The van der Waals surface area contributed by atoms with Crippen LogP contribution in [0, 0.1) is 13.8 Å². The van der Waals surface area contributed by atoms with Crippen molar-refractivity contribution in [1.82, 2.24) is 4.90 Å². The smallest absolute Gasteiger partial charge is 0.322 e. The van der Waals surface area contributed by atoms with Gasteiger partial charge in [-0.2, -0.15) is 0 Å². The normalized spacial score (nSPS) is 15.4. The van der Waals surface area contributed by atoms with E-state index in [-0.39, 0.29) is 12.5 Å². The average Bonchev–Trinajstić information content (AvgIpc) is 2.65.